The molecule has 0 saturated heterocycles. The highest BCUT2D eigenvalue weighted by Gasteiger charge is 2.38. The van der Waals surface area contributed by atoms with Crippen LogP contribution in [0, 0.1) is 12.8 Å². The molecule has 1 heterocycles. The molecule has 2 aliphatic rings. The van der Waals surface area contributed by atoms with Crippen LogP contribution in [-0.4, -0.2) is 18.3 Å². The molecule has 4 nitrogen and oxygen atoms in total. The molecule has 5 heteroatoms. The van der Waals surface area contributed by atoms with Crippen LogP contribution in [-0.2, 0) is 9.59 Å². The lowest BCUT2D eigenvalue weighted by atomic mass is 9.73. The van der Waals surface area contributed by atoms with Gasteiger partial charge in [0.25, 0.3) is 0 Å². The summed E-state index contributed by atoms with van der Waals surface area (Å²) in [4.78, 5) is 25.7. The van der Waals surface area contributed by atoms with Gasteiger partial charge in [0.2, 0.25) is 5.91 Å². The number of ketones is 1. The van der Waals surface area contributed by atoms with Gasteiger partial charge in [0, 0.05) is 34.5 Å². The molecule has 1 aliphatic carbocycles. The first-order valence-corrected chi connectivity index (χ1v) is 11.7. The van der Waals surface area contributed by atoms with Gasteiger partial charge < -0.3 is 10.1 Å². The van der Waals surface area contributed by atoms with E-state index in [4.69, 9.17) is 4.74 Å². The molecule has 0 radical (unpaired) electrons. The summed E-state index contributed by atoms with van der Waals surface area (Å²) in [5, 5.41) is 3.00. The Morgan fingerprint density at radius 2 is 1.74 bits per heavy atom. The van der Waals surface area contributed by atoms with E-state index >= 15 is 0 Å². The molecular weight excluding hydrogens is 454 g/mol. The number of hydrogen-bond donors (Lipinski definition) is 1. The monoisotopic (exact) mass is 481 g/mol. The first kappa shape index (κ1) is 21.8. The van der Waals surface area contributed by atoms with E-state index in [1.54, 1.807) is 0 Å². The van der Waals surface area contributed by atoms with Gasteiger partial charge in [-0.15, -0.1) is 0 Å². The zero-order valence-electron chi connectivity index (χ0n) is 18.2. The van der Waals surface area contributed by atoms with Crippen LogP contribution < -0.4 is 10.1 Å². The minimum absolute atomic E-state index is 0.0219. The fraction of sp³-hybridized carbons (Fsp3) is 0.385. The number of carbonyl (C=O) groups is 2. The van der Waals surface area contributed by atoms with Gasteiger partial charge in [-0.2, -0.15) is 0 Å². The van der Waals surface area contributed by atoms with Crippen molar-refractivity contribution in [3.8, 4) is 5.75 Å². The SMILES string of the molecule is Cc1ccc(C2CC(=O)NC3=C2C(=O)CC(c2ccc(OCC(C)C)cc2)C3)cc1Br. The van der Waals surface area contributed by atoms with E-state index < -0.39 is 0 Å². The van der Waals surface area contributed by atoms with Gasteiger partial charge >= 0.3 is 0 Å². The average molecular weight is 482 g/mol. The molecule has 162 valence electrons. The maximum Gasteiger partial charge on any atom is 0.225 e. The molecule has 0 aromatic heterocycles. The van der Waals surface area contributed by atoms with E-state index in [9.17, 15) is 9.59 Å². The fourth-order valence-corrected chi connectivity index (χ4v) is 4.80. The molecule has 0 bridgehead atoms. The number of hydrogen-bond acceptors (Lipinski definition) is 3. The maximum absolute atomic E-state index is 13.3. The number of allylic oxidation sites excluding steroid dienone is 2. The quantitative estimate of drug-likeness (QED) is 0.587. The van der Waals surface area contributed by atoms with Crippen molar-refractivity contribution in [2.75, 3.05) is 6.61 Å². The van der Waals surface area contributed by atoms with E-state index in [1.165, 1.54) is 0 Å². The fourth-order valence-electron chi connectivity index (χ4n) is 4.41. The number of nitrogens with one attached hydrogen (secondary N) is 1. The second kappa shape index (κ2) is 8.99. The summed E-state index contributed by atoms with van der Waals surface area (Å²) in [7, 11) is 0. The van der Waals surface area contributed by atoms with Gasteiger partial charge in [-0.05, 0) is 60.1 Å². The van der Waals surface area contributed by atoms with Crippen LogP contribution in [0.1, 0.15) is 61.6 Å². The van der Waals surface area contributed by atoms with Crippen LogP contribution in [0.3, 0.4) is 0 Å². The predicted molar refractivity (Wildman–Crippen MR) is 125 cm³/mol. The highest BCUT2D eigenvalue weighted by Crippen LogP contribution is 2.43. The summed E-state index contributed by atoms with van der Waals surface area (Å²) in [5.74, 6) is 1.31. The third-order valence-corrected chi connectivity index (χ3v) is 6.92. The second-order valence-corrected chi connectivity index (χ2v) is 9.86. The molecule has 2 aromatic carbocycles. The number of ether oxygens (including phenoxy) is 1. The zero-order valence-corrected chi connectivity index (χ0v) is 19.8. The van der Waals surface area contributed by atoms with Crippen LogP contribution in [0.25, 0.3) is 0 Å². The van der Waals surface area contributed by atoms with Crippen molar-refractivity contribution in [3.05, 3.63) is 74.9 Å². The van der Waals surface area contributed by atoms with Crippen molar-refractivity contribution in [2.45, 2.75) is 51.9 Å². The lowest BCUT2D eigenvalue weighted by molar-refractivity contribution is -0.122. The topological polar surface area (TPSA) is 55.4 Å². The van der Waals surface area contributed by atoms with E-state index in [1.807, 2.05) is 49.4 Å². The van der Waals surface area contributed by atoms with E-state index in [-0.39, 0.29) is 23.5 Å². The Bertz CT molecular complexity index is 1040. The summed E-state index contributed by atoms with van der Waals surface area (Å²) >= 11 is 3.58. The average Bonchev–Trinajstić information content (AvgIpc) is 2.73. The summed E-state index contributed by atoms with van der Waals surface area (Å²) < 4.78 is 6.77. The number of benzene rings is 2. The van der Waals surface area contributed by atoms with Crippen molar-refractivity contribution in [2.24, 2.45) is 5.92 Å². The summed E-state index contributed by atoms with van der Waals surface area (Å²) in [6.45, 7) is 6.95. The lowest BCUT2D eigenvalue weighted by Gasteiger charge is -2.34. The molecule has 1 aliphatic heterocycles. The third kappa shape index (κ3) is 4.77. The standard InChI is InChI=1S/C26H28BrNO3/c1-15(2)14-31-20-8-6-17(7-9-20)19-11-23-26(24(29)12-19)21(13-25(30)28-23)18-5-4-16(3)22(27)10-18/h4-10,15,19,21H,11-14H2,1-3H3,(H,28,30). The molecule has 2 unspecified atom stereocenters. The highest BCUT2D eigenvalue weighted by atomic mass is 79.9. The number of amides is 1. The minimum Gasteiger partial charge on any atom is -0.493 e. The molecule has 1 amide bonds. The predicted octanol–water partition coefficient (Wildman–Crippen LogP) is 5.80. The second-order valence-electron chi connectivity index (χ2n) is 9.01. The molecule has 0 fully saturated rings. The first-order chi connectivity index (χ1) is 14.8. The summed E-state index contributed by atoms with van der Waals surface area (Å²) in [6, 6.07) is 14.1. The normalized spacial score (nSPS) is 21.2. The van der Waals surface area contributed by atoms with Crippen molar-refractivity contribution in [1.82, 2.24) is 5.32 Å². The number of Topliss-reactive ketones (excluding diaryl/α,β-unsaturated/α-hetero) is 1. The van der Waals surface area contributed by atoms with Crippen molar-refractivity contribution in [3.63, 3.8) is 0 Å². The van der Waals surface area contributed by atoms with Gasteiger partial charge in [-0.25, -0.2) is 0 Å². The van der Waals surface area contributed by atoms with Gasteiger partial charge in [-0.1, -0.05) is 54.0 Å². The van der Waals surface area contributed by atoms with Crippen LogP contribution in [0.5, 0.6) is 5.75 Å². The largest absolute Gasteiger partial charge is 0.493 e. The van der Waals surface area contributed by atoms with Crippen molar-refractivity contribution >= 4 is 27.6 Å². The molecule has 4 rings (SSSR count). The van der Waals surface area contributed by atoms with Gasteiger partial charge in [0.05, 0.1) is 6.61 Å². The van der Waals surface area contributed by atoms with Gasteiger partial charge in [-0.3, -0.25) is 9.59 Å². The Kier molecular flexibility index (Phi) is 6.33. The Balaban J connectivity index is 1.59. The first-order valence-electron chi connectivity index (χ1n) is 10.9. The smallest absolute Gasteiger partial charge is 0.225 e. The number of rotatable bonds is 5. The molecule has 2 atom stereocenters. The number of halogens is 1. The Labute approximate surface area is 192 Å². The summed E-state index contributed by atoms with van der Waals surface area (Å²) in [6.07, 6.45) is 1.44. The van der Waals surface area contributed by atoms with E-state index in [2.05, 4.69) is 35.1 Å². The third-order valence-electron chi connectivity index (χ3n) is 6.07. The number of carbonyl (C=O) groups excluding carboxylic acids is 2. The van der Waals surface area contributed by atoms with E-state index in [0.29, 0.717) is 31.8 Å². The molecule has 1 N–H and O–H groups in total. The van der Waals surface area contributed by atoms with E-state index in [0.717, 1.165) is 38.2 Å². The lowest BCUT2D eigenvalue weighted by Crippen LogP contribution is -2.38. The van der Waals surface area contributed by atoms with Crippen LogP contribution in [0.4, 0.5) is 0 Å². The van der Waals surface area contributed by atoms with Gasteiger partial charge in [0.1, 0.15) is 5.75 Å². The van der Waals surface area contributed by atoms with Crippen molar-refractivity contribution in [1.29, 1.82) is 0 Å². The van der Waals surface area contributed by atoms with Crippen LogP contribution in [0.2, 0.25) is 0 Å². The summed E-state index contributed by atoms with van der Waals surface area (Å²) in [5.41, 5.74) is 4.82. The van der Waals surface area contributed by atoms with Crippen LogP contribution >= 0.6 is 15.9 Å². The Hall–Kier alpha value is -2.40. The number of aryl methyl sites for hydroxylation is 1. The van der Waals surface area contributed by atoms with Gasteiger partial charge in [0.15, 0.2) is 5.78 Å². The Morgan fingerprint density at radius 1 is 1.03 bits per heavy atom. The Morgan fingerprint density at radius 3 is 2.42 bits per heavy atom. The van der Waals surface area contributed by atoms with Crippen LogP contribution in [0.15, 0.2) is 58.2 Å². The molecule has 31 heavy (non-hydrogen) atoms. The molecular formula is C26H28BrNO3. The minimum atomic E-state index is -0.180. The highest BCUT2D eigenvalue weighted by molar-refractivity contribution is 9.10. The van der Waals surface area contributed by atoms with Crippen molar-refractivity contribution < 1.29 is 14.3 Å². The molecule has 0 spiro atoms. The maximum atomic E-state index is 13.3. The molecule has 2 aromatic rings. The zero-order chi connectivity index (χ0) is 22.1. The molecule has 0 saturated carbocycles.